The van der Waals surface area contributed by atoms with Crippen molar-refractivity contribution in [1.82, 2.24) is 5.32 Å². The van der Waals surface area contributed by atoms with Gasteiger partial charge >= 0.3 is 0 Å². The minimum absolute atomic E-state index is 0.0262. The molecule has 0 spiro atoms. The molecule has 152 valence electrons. The molecule has 0 aliphatic heterocycles. The first-order valence-electron chi connectivity index (χ1n) is 9.80. The van der Waals surface area contributed by atoms with E-state index in [0.29, 0.717) is 30.8 Å². The zero-order valence-electron chi connectivity index (χ0n) is 17.5. The molecule has 0 aliphatic rings. The number of amides is 1. The van der Waals surface area contributed by atoms with Crippen molar-refractivity contribution in [2.24, 2.45) is 5.92 Å². The normalized spacial score (nSPS) is 12.9. The van der Waals surface area contributed by atoms with E-state index in [1.807, 2.05) is 12.1 Å². The van der Waals surface area contributed by atoms with E-state index >= 15 is 0 Å². The summed E-state index contributed by atoms with van der Waals surface area (Å²) in [5.41, 5.74) is 8.55. The van der Waals surface area contributed by atoms with Crippen molar-refractivity contribution in [3.8, 4) is 6.07 Å². The molecule has 0 saturated heterocycles. The lowest BCUT2D eigenvalue weighted by Gasteiger charge is -2.24. The monoisotopic (exact) mass is 399 g/mol. The number of anilines is 1. The number of rotatable bonds is 11. The number of benzene rings is 1. The van der Waals surface area contributed by atoms with Gasteiger partial charge < -0.3 is 11.1 Å². The van der Waals surface area contributed by atoms with Crippen LogP contribution >= 0.6 is 11.8 Å². The van der Waals surface area contributed by atoms with Crippen LogP contribution in [-0.4, -0.2) is 11.9 Å². The fraction of sp³-hybridized carbons (Fsp3) is 0.478. The fourth-order valence-corrected chi connectivity index (χ4v) is 3.62. The quantitative estimate of drug-likeness (QED) is 0.281. The highest BCUT2D eigenvalue weighted by atomic mass is 32.2. The number of nitrogens with two attached hydrogens (primary N) is 1. The Morgan fingerprint density at radius 3 is 2.54 bits per heavy atom. The average Bonchev–Trinajstić information content (AvgIpc) is 2.66. The maximum absolute atomic E-state index is 12.4. The van der Waals surface area contributed by atoms with E-state index in [-0.39, 0.29) is 17.9 Å². The minimum atomic E-state index is -0.0658. The van der Waals surface area contributed by atoms with E-state index in [4.69, 9.17) is 11.0 Å². The van der Waals surface area contributed by atoms with E-state index in [0.717, 1.165) is 21.9 Å². The third-order valence-corrected chi connectivity index (χ3v) is 5.96. The fourth-order valence-electron chi connectivity index (χ4n) is 2.73. The zero-order chi connectivity index (χ0) is 21.3. The summed E-state index contributed by atoms with van der Waals surface area (Å²) < 4.78 is 0. The summed E-state index contributed by atoms with van der Waals surface area (Å²) in [5, 5.41) is 12.0. The highest BCUT2D eigenvalue weighted by Gasteiger charge is 2.19. The molecule has 0 radical (unpaired) electrons. The van der Waals surface area contributed by atoms with Crippen molar-refractivity contribution >= 4 is 23.4 Å². The Bertz CT molecular complexity index is 749. The Morgan fingerprint density at radius 2 is 1.96 bits per heavy atom. The van der Waals surface area contributed by atoms with Crippen LogP contribution in [0.3, 0.4) is 0 Å². The molecule has 0 aromatic heterocycles. The number of nitrogen functional groups attached to an aromatic ring is 1. The van der Waals surface area contributed by atoms with Crippen LogP contribution in [0, 0.1) is 17.2 Å². The largest absolute Gasteiger partial charge is 0.398 e. The first kappa shape index (κ1) is 23.8. The van der Waals surface area contributed by atoms with Crippen molar-refractivity contribution in [1.29, 1.82) is 5.26 Å². The highest BCUT2D eigenvalue weighted by Crippen LogP contribution is 2.34. The van der Waals surface area contributed by atoms with Gasteiger partial charge in [-0.05, 0) is 40.9 Å². The van der Waals surface area contributed by atoms with Gasteiger partial charge in [-0.3, -0.25) is 4.79 Å². The number of thioether (sulfide) groups is 1. The van der Waals surface area contributed by atoms with Crippen molar-refractivity contribution in [3.05, 3.63) is 47.4 Å². The van der Waals surface area contributed by atoms with Gasteiger partial charge in [0.1, 0.15) is 0 Å². The van der Waals surface area contributed by atoms with E-state index < -0.39 is 0 Å². The summed E-state index contributed by atoms with van der Waals surface area (Å²) in [5.74, 6) is 0.687. The Hall–Kier alpha value is -2.19. The van der Waals surface area contributed by atoms with Crippen LogP contribution in [0.2, 0.25) is 0 Å². The predicted molar refractivity (Wildman–Crippen MR) is 120 cm³/mol. The van der Waals surface area contributed by atoms with Gasteiger partial charge in [0.05, 0.1) is 6.07 Å². The molecule has 5 heteroatoms. The predicted octanol–water partition coefficient (Wildman–Crippen LogP) is 5.78. The van der Waals surface area contributed by atoms with Crippen LogP contribution in [0.15, 0.2) is 46.7 Å². The van der Waals surface area contributed by atoms with Crippen LogP contribution in [0.25, 0.3) is 0 Å². The topological polar surface area (TPSA) is 78.9 Å². The molecule has 0 bridgehead atoms. The van der Waals surface area contributed by atoms with E-state index in [2.05, 4.69) is 58.3 Å². The van der Waals surface area contributed by atoms with Crippen molar-refractivity contribution < 1.29 is 4.79 Å². The van der Waals surface area contributed by atoms with Crippen LogP contribution in [-0.2, 0) is 4.79 Å². The highest BCUT2D eigenvalue weighted by molar-refractivity contribution is 8.03. The average molecular weight is 400 g/mol. The first-order chi connectivity index (χ1) is 13.2. The van der Waals surface area contributed by atoms with Gasteiger partial charge in [0.2, 0.25) is 5.91 Å². The number of allylic oxidation sites excluding steroid dienone is 1. The lowest BCUT2D eigenvalue weighted by molar-refractivity contribution is -0.122. The molecular weight excluding hydrogens is 366 g/mol. The van der Waals surface area contributed by atoms with Crippen LogP contribution in [0.4, 0.5) is 5.69 Å². The SMILES string of the molecule is C=C(C#N)CC(NC(=O)CCC(=C)Sc1cc(C(C)C)ccc1N)C(C)CC. The molecule has 1 aromatic carbocycles. The summed E-state index contributed by atoms with van der Waals surface area (Å²) >= 11 is 1.53. The van der Waals surface area contributed by atoms with Gasteiger partial charge in [-0.25, -0.2) is 0 Å². The van der Waals surface area contributed by atoms with E-state index in [9.17, 15) is 4.79 Å². The molecule has 4 nitrogen and oxygen atoms in total. The molecule has 2 atom stereocenters. The molecule has 0 aliphatic carbocycles. The summed E-state index contributed by atoms with van der Waals surface area (Å²) in [6.07, 6.45) is 2.36. The smallest absolute Gasteiger partial charge is 0.220 e. The molecular formula is C23H33N3OS. The first-order valence-corrected chi connectivity index (χ1v) is 10.6. The summed E-state index contributed by atoms with van der Waals surface area (Å²) in [7, 11) is 0. The van der Waals surface area contributed by atoms with Gasteiger partial charge in [-0.1, -0.05) is 65.1 Å². The van der Waals surface area contributed by atoms with Gasteiger partial charge in [0.25, 0.3) is 0 Å². The third kappa shape index (κ3) is 7.82. The lowest BCUT2D eigenvalue weighted by atomic mass is 9.93. The Morgan fingerprint density at radius 1 is 1.29 bits per heavy atom. The molecule has 1 amide bonds. The standard InChI is InChI=1S/C23H33N3OS/c1-7-17(5)21(12-16(4)14-24)26-23(27)11-8-18(6)28-22-13-19(15(2)3)9-10-20(22)25/h9-10,13,15,17,21H,4,6-8,11-12,25H2,1-3,5H3,(H,26,27). The van der Waals surface area contributed by atoms with Crippen LogP contribution < -0.4 is 11.1 Å². The third-order valence-electron chi connectivity index (χ3n) is 4.89. The molecule has 2 unspecified atom stereocenters. The second-order valence-corrected chi connectivity index (χ2v) is 8.79. The van der Waals surface area contributed by atoms with Gasteiger partial charge in [-0.15, -0.1) is 0 Å². The van der Waals surface area contributed by atoms with E-state index in [1.54, 1.807) is 0 Å². The number of carbonyl (C=O) groups excluding carboxylic acids is 1. The number of nitrogens with zero attached hydrogens (tertiary/aromatic N) is 1. The second-order valence-electron chi connectivity index (χ2n) is 7.57. The number of hydrogen-bond acceptors (Lipinski definition) is 4. The molecule has 0 fully saturated rings. The summed E-state index contributed by atoms with van der Waals surface area (Å²) in [6.45, 7) is 16.3. The van der Waals surface area contributed by atoms with Crippen LogP contribution in [0.1, 0.15) is 64.9 Å². The number of nitriles is 1. The second kappa shape index (κ2) is 11.6. The maximum atomic E-state index is 12.4. The molecule has 3 N–H and O–H groups in total. The molecule has 1 aromatic rings. The Labute approximate surface area is 174 Å². The Kier molecular flexibility index (Phi) is 9.89. The maximum Gasteiger partial charge on any atom is 0.220 e. The minimum Gasteiger partial charge on any atom is -0.398 e. The zero-order valence-corrected chi connectivity index (χ0v) is 18.4. The number of carbonyl (C=O) groups is 1. The van der Waals surface area contributed by atoms with Crippen LogP contribution in [0.5, 0.6) is 0 Å². The number of nitrogens with one attached hydrogen (secondary N) is 1. The molecule has 28 heavy (non-hydrogen) atoms. The Balaban J connectivity index is 2.62. The summed E-state index contributed by atoms with van der Waals surface area (Å²) in [6, 6.07) is 8.07. The molecule has 0 heterocycles. The van der Waals surface area contributed by atoms with Crippen molar-refractivity contribution in [3.63, 3.8) is 0 Å². The number of hydrogen-bond donors (Lipinski definition) is 2. The van der Waals surface area contributed by atoms with Gasteiger partial charge in [-0.2, -0.15) is 5.26 Å². The molecule has 1 rings (SSSR count). The van der Waals surface area contributed by atoms with E-state index in [1.165, 1.54) is 17.3 Å². The van der Waals surface area contributed by atoms with Crippen molar-refractivity contribution in [2.75, 3.05) is 5.73 Å². The summed E-state index contributed by atoms with van der Waals surface area (Å²) in [4.78, 5) is 14.3. The lowest BCUT2D eigenvalue weighted by Crippen LogP contribution is -2.39. The van der Waals surface area contributed by atoms with Gasteiger partial charge in [0.15, 0.2) is 0 Å². The van der Waals surface area contributed by atoms with Crippen molar-refractivity contribution in [2.45, 2.75) is 70.2 Å². The molecule has 0 saturated carbocycles. The van der Waals surface area contributed by atoms with Gasteiger partial charge in [0, 0.05) is 35.0 Å².